The third-order valence-electron chi connectivity index (χ3n) is 4.87. The summed E-state index contributed by atoms with van der Waals surface area (Å²) in [5, 5.41) is 0.497. The Morgan fingerprint density at radius 1 is 1.09 bits per heavy atom. The van der Waals surface area contributed by atoms with Crippen molar-refractivity contribution in [2.75, 3.05) is 44.4 Å². The van der Waals surface area contributed by atoms with E-state index >= 15 is 0 Å². The van der Waals surface area contributed by atoms with Gasteiger partial charge in [-0.05, 0) is 71.2 Å². The van der Waals surface area contributed by atoms with Crippen molar-refractivity contribution in [3.05, 3.63) is 48.0 Å². The Morgan fingerprint density at radius 2 is 1.79 bits per heavy atom. The Balaban J connectivity index is 0.00000385. The monoisotopic (exact) mass is 511 g/mol. The molecule has 0 aliphatic heterocycles. The number of carbonyl (C=O) groups is 1. The van der Waals surface area contributed by atoms with Gasteiger partial charge < -0.3 is 9.64 Å². The van der Waals surface area contributed by atoms with Crippen LogP contribution in [0.15, 0.2) is 47.4 Å². The smallest absolute Gasteiger partial charge is 0.244 e. The van der Waals surface area contributed by atoms with Crippen LogP contribution < -0.4 is 9.64 Å². The van der Waals surface area contributed by atoms with Crippen molar-refractivity contribution in [1.29, 1.82) is 0 Å². The van der Waals surface area contributed by atoms with Crippen molar-refractivity contribution in [2.45, 2.75) is 25.2 Å². The number of sulfone groups is 1. The maximum absolute atomic E-state index is 13.2. The first-order valence-corrected chi connectivity index (χ1v) is 12.9. The van der Waals surface area contributed by atoms with E-state index in [2.05, 4.69) is 4.98 Å². The number of nitrogens with zero attached hydrogens (tertiary/aromatic N) is 3. The Kier molecular flexibility index (Phi) is 9.66. The molecule has 33 heavy (non-hydrogen) atoms. The van der Waals surface area contributed by atoms with E-state index in [4.69, 9.17) is 4.74 Å². The molecule has 0 N–H and O–H groups in total. The van der Waals surface area contributed by atoms with Crippen LogP contribution in [0.2, 0.25) is 0 Å². The molecule has 0 saturated heterocycles. The minimum atomic E-state index is -3.76. The molecule has 0 aliphatic rings. The molecule has 7 nitrogen and oxygen atoms in total. The number of hydrogen-bond acceptors (Lipinski definition) is 7. The van der Waals surface area contributed by atoms with Gasteiger partial charge in [-0.1, -0.05) is 29.0 Å². The predicted molar refractivity (Wildman–Crippen MR) is 137 cm³/mol. The maximum atomic E-state index is 13.2. The summed E-state index contributed by atoms with van der Waals surface area (Å²) in [5.74, 6) is -0.339. The number of benzene rings is 2. The molecule has 0 radical (unpaired) electrons. The molecule has 3 rings (SSSR count). The van der Waals surface area contributed by atoms with E-state index in [9.17, 15) is 13.2 Å². The Bertz CT molecular complexity index is 1180. The van der Waals surface area contributed by atoms with Crippen LogP contribution in [0, 0.1) is 6.92 Å². The van der Waals surface area contributed by atoms with Gasteiger partial charge in [-0.25, -0.2) is 13.4 Å². The summed E-state index contributed by atoms with van der Waals surface area (Å²) in [5.41, 5.74) is 1.71. The van der Waals surface area contributed by atoms with Crippen LogP contribution in [0.5, 0.6) is 5.75 Å². The van der Waals surface area contributed by atoms with E-state index < -0.39 is 21.5 Å². The second-order valence-corrected chi connectivity index (χ2v) is 10.8. The summed E-state index contributed by atoms with van der Waals surface area (Å²) < 4.78 is 32.2. The highest BCUT2D eigenvalue weighted by molar-refractivity contribution is 7.92. The zero-order valence-electron chi connectivity index (χ0n) is 19.3. The first-order chi connectivity index (χ1) is 15.2. The second-order valence-electron chi connectivity index (χ2n) is 7.83. The van der Waals surface area contributed by atoms with Gasteiger partial charge in [0.05, 0.1) is 21.7 Å². The van der Waals surface area contributed by atoms with Crippen molar-refractivity contribution in [1.82, 2.24) is 9.88 Å². The van der Waals surface area contributed by atoms with Crippen LogP contribution in [0.3, 0.4) is 0 Å². The summed E-state index contributed by atoms with van der Waals surface area (Å²) in [6, 6.07) is 12.1. The molecule has 0 saturated carbocycles. The summed E-state index contributed by atoms with van der Waals surface area (Å²) in [7, 11) is 0.159. The fraction of sp³-hybridized carbons (Fsp3) is 0.391. The van der Waals surface area contributed by atoms with Gasteiger partial charge in [0, 0.05) is 6.54 Å². The number of amides is 1. The number of anilines is 1. The van der Waals surface area contributed by atoms with Crippen molar-refractivity contribution < 1.29 is 17.9 Å². The van der Waals surface area contributed by atoms with Crippen LogP contribution in [0.4, 0.5) is 5.13 Å². The topological polar surface area (TPSA) is 79.8 Å². The number of fused-ring (bicyclic) bond motifs is 1. The van der Waals surface area contributed by atoms with Gasteiger partial charge in [-0.3, -0.25) is 9.69 Å². The molecular formula is C23H30ClN3O4S2. The quantitative estimate of drug-likeness (QED) is 0.406. The predicted octanol–water partition coefficient (Wildman–Crippen LogP) is 4.18. The minimum Gasteiger partial charge on any atom is -0.494 e. The third-order valence-corrected chi connectivity index (χ3v) is 7.53. The highest BCUT2D eigenvalue weighted by atomic mass is 35.5. The largest absolute Gasteiger partial charge is 0.494 e. The number of thiazole rings is 1. The fourth-order valence-corrected chi connectivity index (χ4v) is 5.44. The van der Waals surface area contributed by atoms with E-state index in [-0.39, 0.29) is 17.3 Å². The Hall–Kier alpha value is -2.20. The molecule has 1 aromatic heterocycles. The van der Waals surface area contributed by atoms with E-state index in [0.29, 0.717) is 24.7 Å². The lowest BCUT2D eigenvalue weighted by Gasteiger charge is -2.21. The van der Waals surface area contributed by atoms with Crippen LogP contribution in [-0.4, -0.2) is 63.8 Å². The number of aromatic nitrogens is 1. The average Bonchev–Trinajstić information content (AvgIpc) is 3.14. The van der Waals surface area contributed by atoms with Crippen molar-refractivity contribution in [2.24, 2.45) is 0 Å². The molecular weight excluding hydrogens is 482 g/mol. The summed E-state index contributed by atoms with van der Waals surface area (Å²) in [4.78, 5) is 21.5. The lowest BCUT2D eigenvalue weighted by Crippen LogP contribution is -2.37. The van der Waals surface area contributed by atoms with E-state index in [1.807, 2.05) is 51.0 Å². The molecule has 0 bridgehead atoms. The van der Waals surface area contributed by atoms with Gasteiger partial charge in [0.15, 0.2) is 15.0 Å². The molecule has 180 valence electrons. The van der Waals surface area contributed by atoms with Gasteiger partial charge in [0.25, 0.3) is 0 Å². The van der Waals surface area contributed by atoms with Crippen molar-refractivity contribution in [3.8, 4) is 5.75 Å². The van der Waals surface area contributed by atoms with E-state index in [0.717, 1.165) is 28.1 Å². The van der Waals surface area contributed by atoms with Crippen LogP contribution in [0.1, 0.15) is 18.9 Å². The number of aryl methyl sites for hydroxylation is 1. The molecule has 0 atom stereocenters. The number of halogens is 1. The fourth-order valence-electron chi connectivity index (χ4n) is 3.21. The minimum absolute atomic E-state index is 0. The SMILES string of the molecule is CCOc1ccc2nc(N(CCCN(C)C)C(=O)CS(=O)(=O)c3ccc(C)cc3)sc2c1.Cl. The molecule has 1 amide bonds. The lowest BCUT2D eigenvalue weighted by atomic mass is 10.2. The van der Waals surface area contributed by atoms with E-state index in [1.54, 1.807) is 24.3 Å². The standard InChI is InChI=1S/C23H29N3O4S2.ClH/c1-5-30-18-9-12-20-21(15-18)31-23(24-20)26(14-6-13-25(3)4)22(27)16-32(28,29)19-10-7-17(2)8-11-19;/h7-12,15H,5-6,13-14,16H2,1-4H3;1H. The molecule has 0 fully saturated rings. The van der Waals surface area contributed by atoms with Gasteiger partial charge in [0.2, 0.25) is 5.91 Å². The molecule has 3 aromatic rings. The maximum Gasteiger partial charge on any atom is 0.244 e. The van der Waals surface area contributed by atoms with Gasteiger partial charge >= 0.3 is 0 Å². The zero-order valence-corrected chi connectivity index (χ0v) is 21.7. The molecule has 0 spiro atoms. The van der Waals surface area contributed by atoms with Crippen LogP contribution in [0.25, 0.3) is 10.2 Å². The number of rotatable bonds is 10. The lowest BCUT2D eigenvalue weighted by molar-refractivity contribution is -0.116. The van der Waals surface area contributed by atoms with Gasteiger partial charge in [-0.15, -0.1) is 12.4 Å². The zero-order chi connectivity index (χ0) is 23.3. The number of ether oxygens (including phenoxy) is 1. The number of hydrogen-bond donors (Lipinski definition) is 0. The highest BCUT2D eigenvalue weighted by Gasteiger charge is 2.26. The summed E-state index contributed by atoms with van der Waals surface area (Å²) >= 11 is 1.36. The van der Waals surface area contributed by atoms with E-state index in [1.165, 1.54) is 16.2 Å². The van der Waals surface area contributed by atoms with Crippen molar-refractivity contribution >= 4 is 54.8 Å². The third kappa shape index (κ3) is 7.14. The second kappa shape index (κ2) is 11.8. The molecule has 0 aliphatic carbocycles. The van der Waals surface area contributed by atoms with Gasteiger partial charge in [-0.2, -0.15) is 0 Å². The average molecular weight is 512 g/mol. The summed E-state index contributed by atoms with van der Waals surface area (Å²) in [6.07, 6.45) is 0.698. The normalized spacial score (nSPS) is 11.4. The van der Waals surface area contributed by atoms with Crippen LogP contribution in [-0.2, 0) is 14.6 Å². The molecule has 1 heterocycles. The van der Waals surface area contributed by atoms with Crippen LogP contribution >= 0.6 is 23.7 Å². The van der Waals surface area contributed by atoms with Crippen molar-refractivity contribution in [3.63, 3.8) is 0 Å². The summed E-state index contributed by atoms with van der Waals surface area (Å²) in [6.45, 7) is 5.52. The Morgan fingerprint density at radius 3 is 2.42 bits per heavy atom. The number of carbonyl (C=O) groups excluding carboxylic acids is 1. The van der Waals surface area contributed by atoms with Gasteiger partial charge in [0.1, 0.15) is 11.5 Å². The molecule has 2 aromatic carbocycles. The first-order valence-electron chi connectivity index (χ1n) is 10.5. The molecule has 10 heteroatoms. The highest BCUT2D eigenvalue weighted by Crippen LogP contribution is 2.32. The molecule has 0 unspecified atom stereocenters. The first kappa shape index (κ1) is 27.0. The Labute approximate surface area is 205 Å².